The molecule has 0 aliphatic carbocycles. The third-order valence-electron chi connectivity index (χ3n) is 5.01. The van der Waals surface area contributed by atoms with E-state index < -0.39 is 5.78 Å². The van der Waals surface area contributed by atoms with Crippen molar-refractivity contribution in [2.24, 2.45) is 0 Å². The number of benzene rings is 2. The van der Waals surface area contributed by atoms with Gasteiger partial charge in [0.25, 0.3) is 0 Å². The van der Waals surface area contributed by atoms with Gasteiger partial charge in [-0.25, -0.2) is 0 Å². The minimum atomic E-state index is -0.482. The molecule has 10 nitrogen and oxygen atoms in total. The predicted octanol–water partition coefficient (Wildman–Crippen LogP) is 4.73. The van der Waals surface area contributed by atoms with Crippen molar-refractivity contribution in [2.45, 2.75) is 20.3 Å². The predicted molar refractivity (Wildman–Crippen MR) is 141 cm³/mol. The Morgan fingerprint density at radius 2 is 1.32 bits per heavy atom. The molecule has 2 rings (SSSR count). The molecule has 0 aliphatic heterocycles. The van der Waals surface area contributed by atoms with Crippen molar-refractivity contribution in [1.82, 2.24) is 0 Å². The number of methoxy groups -OCH3 is 4. The Morgan fingerprint density at radius 3 is 1.89 bits per heavy atom. The first-order chi connectivity index (χ1) is 18.4. The van der Waals surface area contributed by atoms with Gasteiger partial charge in [0.15, 0.2) is 44.5 Å². The van der Waals surface area contributed by atoms with Crippen molar-refractivity contribution < 1.29 is 47.8 Å². The number of rotatable bonds is 17. The molecule has 2 aromatic rings. The van der Waals surface area contributed by atoms with Gasteiger partial charge in [-0.3, -0.25) is 4.79 Å². The van der Waals surface area contributed by atoms with Gasteiger partial charge in [0.2, 0.25) is 0 Å². The molecule has 0 aliphatic rings. The van der Waals surface area contributed by atoms with E-state index in [-0.39, 0.29) is 44.2 Å². The number of allylic oxidation sites excluding steroid dienone is 3. The van der Waals surface area contributed by atoms with Gasteiger partial charge in [-0.15, -0.1) is 0 Å². The highest BCUT2D eigenvalue weighted by Gasteiger charge is 2.23. The molecule has 10 heteroatoms. The second kappa shape index (κ2) is 16.3. The SMILES string of the molecule is COCOc1ccc(/C=C/C(=O)c2c(OCOC)cc(OCOC)c(CC=C(C)C)c2O)cc1OCOC. The van der Waals surface area contributed by atoms with Crippen molar-refractivity contribution in [1.29, 1.82) is 0 Å². The number of hydrogen-bond acceptors (Lipinski definition) is 10. The largest absolute Gasteiger partial charge is 0.507 e. The zero-order valence-corrected chi connectivity index (χ0v) is 22.7. The first-order valence-corrected chi connectivity index (χ1v) is 11.7. The average molecular weight is 533 g/mol. The zero-order chi connectivity index (χ0) is 27.9. The van der Waals surface area contributed by atoms with Crippen LogP contribution in [0, 0.1) is 0 Å². The number of aromatic hydroxyl groups is 1. The lowest BCUT2D eigenvalue weighted by molar-refractivity contribution is 0.0322. The normalized spacial score (nSPS) is 10.9. The Bertz CT molecular complexity index is 1100. The molecule has 0 bridgehead atoms. The van der Waals surface area contributed by atoms with Crippen LogP contribution in [0.5, 0.6) is 28.7 Å². The maximum Gasteiger partial charge on any atom is 0.193 e. The number of carbonyl (C=O) groups is 1. The minimum Gasteiger partial charge on any atom is -0.507 e. The molecule has 0 aromatic heterocycles. The molecule has 0 unspecified atom stereocenters. The minimum absolute atomic E-state index is 0.00938. The number of phenols is 1. The fourth-order valence-electron chi connectivity index (χ4n) is 3.25. The highest BCUT2D eigenvalue weighted by molar-refractivity contribution is 6.11. The van der Waals surface area contributed by atoms with Crippen molar-refractivity contribution in [3.63, 3.8) is 0 Å². The molecule has 208 valence electrons. The molecule has 38 heavy (non-hydrogen) atoms. The third kappa shape index (κ3) is 9.07. The van der Waals surface area contributed by atoms with E-state index in [1.807, 2.05) is 19.9 Å². The van der Waals surface area contributed by atoms with Crippen molar-refractivity contribution in [2.75, 3.05) is 55.6 Å². The fourth-order valence-corrected chi connectivity index (χ4v) is 3.25. The maximum absolute atomic E-state index is 13.4. The van der Waals surface area contributed by atoms with Gasteiger partial charge in [-0.05, 0) is 44.0 Å². The lowest BCUT2D eigenvalue weighted by Crippen LogP contribution is -2.09. The van der Waals surface area contributed by atoms with Gasteiger partial charge in [0.05, 0.1) is 0 Å². The van der Waals surface area contributed by atoms with Gasteiger partial charge in [0, 0.05) is 40.1 Å². The van der Waals surface area contributed by atoms with Gasteiger partial charge in [-0.2, -0.15) is 0 Å². The molecule has 0 saturated carbocycles. The summed E-state index contributed by atoms with van der Waals surface area (Å²) in [5, 5.41) is 11.2. The number of hydrogen-bond donors (Lipinski definition) is 1. The summed E-state index contributed by atoms with van der Waals surface area (Å²) < 4.78 is 42.3. The summed E-state index contributed by atoms with van der Waals surface area (Å²) in [6, 6.07) is 6.68. The molecule has 0 saturated heterocycles. The van der Waals surface area contributed by atoms with Crippen LogP contribution in [0.1, 0.15) is 35.3 Å². The molecular formula is C28H36O10. The molecule has 0 amide bonds. The second-order valence-corrected chi connectivity index (χ2v) is 8.17. The van der Waals surface area contributed by atoms with Gasteiger partial charge < -0.3 is 43.0 Å². The van der Waals surface area contributed by atoms with Crippen LogP contribution in [-0.4, -0.2) is 66.5 Å². The van der Waals surface area contributed by atoms with Crippen LogP contribution >= 0.6 is 0 Å². The van der Waals surface area contributed by atoms with Crippen LogP contribution < -0.4 is 18.9 Å². The standard InChI is InChI=1S/C28H36O10/c1-19(2)7-10-21-24(36-16-32-4)14-26(38-18-34-6)27(28(21)30)22(29)11-8-20-9-12-23(35-15-31-3)25(13-20)37-17-33-5/h7-9,11-14,30H,10,15-18H2,1-6H3/b11-8+. The number of phenolic OH excluding ortho intramolecular Hbond substituents is 1. The molecule has 0 atom stereocenters. The summed E-state index contributed by atoms with van der Waals surface area (Å²) in [5.41, 5.74) is 2.10. The Balaban J connectivity index is 2.49. The number of carbonyl (C=O) groups excluding carboxylic acids is 1. The smallest absolute Gasteiger partial charge is 0.193 e. The molecule has 0 spiro atoms. The molecule has 0 fully saturated rings. The zero-order valence-electron chi connectivity index (χ0n) is 22.7. The summed E-state index contributed by atoms with van der Waals surface area (Å²) in [6.45, 7) is 3.75. The van der Waals surface area contributed by atoms with E-state index in [4.69, 9.17) is 37.9 Å². The van der Waals surface area contributed by atoms with Gasteiger partial charge >= 0.3 is 0 Å². The van der Waals surface area contributed by atoms with E-state index >= 15 is 0 Å². The van der Waals surface area contributed by atoms with E-state index in [1.54, 1.807) is 30.3 Å². The summed E-state index contributed by atoms with van der Waals surface area (Å²) in [5.74, 6) is 0.581. The van der Waals surface area contributed by atoms with Crippen LogP contribution in [0.15, 0.2) is 42.0 Å². The van der Waals surface area contributed by atoms with E-state index in [9.17, 15) is 9.90 Å². The topological polar surface area (TPSA) is 111 Å². The van der Waals surface area contributed by atoms with E-state index in [0.717, 1.165) is 5.57 Å². The van der Waals surface area contributed by atoms with Crippen LogP contribution in [0.3, 0.4) is 0 Å². The Morgan fingerprint density at radius 1 is 0.763 bits per heavy atom. The summed E-state index contributed by atoms with van der Waals surface area (Å²) in [4.78, 5) is 13.4. The molecular weight excluding hydrogens is 496 g/mol. The highest BCUT2D eigenvalue weighted by atomic mass is 16.7. The third-order valence-corrected chi connectivity index (χ3v) is 5.01. The van der Waals surface area contributed by atoms with Crippen LogP contribution in [-0.2, 0) is 25.4 Å². The first-order valence-electron chi connectivity index (χ1n) is 11.7. The lowest BCUT2D eigenvalue weighted by Gasteiger charge is -2.18. The highest BCUT2D eigenvalue weighted by Crippen LogP contribution is 2.40. The molecule has 0 radical (unpaired) electrons. The van der Waals surface area contributed by atoms with E-state index in [1.165, 1.54) is 34.5 Å². The summed E-state index contributed by atoms with van der Waals surface area (Å²) in [6.07, 6.45) is 5.18. The monoisotopic (exact) mass is 532 g/mol. The van der Waals surface area contributed by atoms with Crippen molar-refractivity contribution in [3.8, 4) is 28.7 Å². The molecule has 2 aromatic carbocycles. The van der Waals surface area contributed by atoms with Gasteiger partial charge in [0.1, 0.15) is 22.8 Å². The van der Waals surface area contributed by atoms with E-state index in [2.05, 4.69) is 0 Å². The van der Waals surface area contributed by atoms with Crippen LogP contribution in [0.25, 0.3) is 6.08 Å². The first kappa shape index (κ1) is 30.7. The quantitative estimate of drug-likeness (QED) is 0.133. The Hall–Kier alpha value is -3.57. The van der Waals surface area contributed by atoms with Crippen molar-refractivity contribution >= 4 is 11.9 Å². The second-order valence-electron chi connectivity index (χ2n) is 8.17. The van der Waals surface area contributed by atoms with Crippen LogP contribution in [0.2, 0.25) is 0 Å². The summed E-state index contributed by atoms with van der Waals surface area (Å²) in [7, 11) is 5.96. The summed E-state index contributed by atoms with van der Waals surface area (Å²) >= 11 is 0. The fraction of sp³-hybridized carbons (Fsp3) is 0.393. The van der Waals surface area contributed by atoms with Crippen molar-refractivity contribution in [3.05, 3.63) is 58.7 Å². The number of ether oxygens (including phenoxy) is 8. The number of ketones is 1. The van der Waals surface area contributed by atoms with E-state index in [0.29, 0.717) is 34.8 Å². The van der Waals surface area contributed by atoms with Gasteiger partial charge in [-0.1, -0.05) is 23.8 Å². The average Bonchev–Trinajstić information content (AvgIpc) is 2.90. The lowest BCUT2D eigenvalue weighted by atomic mass is 9.99. The Labute approximate surface area is 223 Å². The molecule has 0 heterocycles. The Kier molecular flexibility index (Phi) is 13.2. The maximum atomic E-state index is 13.4. The van der Waals surface area contributed by atoms with Crippen LogP contribution in [0.4, 0.5) is 0 Å². The molecule has 1 N–H and O–H groups in total.